The molecule has 1 heterocycles. The first kappa shape index (κ1) is 20.7. The van der Waals surface area contributed by atoms with Gasteiger partial charge in [-0.2, -0.15) is 0 Å². The van der Waals surface area contributed by atoms with Gasteiger partial charge in [0, 0.05) is 30.4 Å². The van der Waals surface area contributed by atoms with Crippen LogP contribution < -0.4 is 14.4 Å². The number of hydrogen-bond donors (Lipinski definition) is 1. The van der Waals surface area contributed by atoms with Crippen molar-refractivity contribution >= 4 is 21.4 Å². The van der Waals surface area contributed by atoms with Crippen molar-refractivity contribution in [2.45, 2.75) is 25.7 Å². The van der Waals surface area contributed by atoms with E-state index in [0.29, 0.717) is 17.0 Å². The van der Waals surface area contributed by atoms with E-state index in [9.17, 15) is 8.42 Å². The van der Waals surface area contributed by atoms with Gasteiger partial charge in [0.25, 0.3) is 10.0 Å². The molecule has 2 aromatic carbocycles. The molecule has 154 valence electrons. The minimum absolute atomic E-state index is 0.0514. The van der Waals surface area contributed by atoms with E-state index in [2.05, 4.69) is 28.6 Å². The number of nitrogens with one attached hydrogen (secondary N) is 1. The molecule has 0 saturated carbocycles. The molecule has 0 radical (unpaired) electrons. The van der Waals surface area contributed by atoms with E-state index in [1.807, 2.05) is 19.1 Å². The molecule has 8 heteroatoms. The van der Waals surface area contributed by atoms with Crippen molar-refractivity contribution in [3.8, 4) is 17.1 Å². The van der Waals surface area contributed by atoms with Crippen molar-refractivity contribution in [2.75, 3.05) is 29.8 Å². The van der Waals surface area contributed by atoms with Gasteiger partial charge in [0.1, 0.15) is 10.6 Å². The predicted molar refractivity (Wildman–Crippen MR) is 114 cm³/mol. The highest BCUT2D eigenvalue weighted by Crippen LogP contribution is 2.32. The maximum Gasteiger partial charge on any atom is 0.265 e. The maximum atomic E-state index is 13.0. The summed E-state index contributed by atoms with van der Waals surface area (Å²) in [6, 6.07) is 12.2. The molecule has 0 aliphatic heterocycles. The van der Waals surface area contributed by atoms with Crippen molar-refractivity contribution in [3.63, 3.8) is 0 Å². The van der Waals surface area contributed by atoms with Gasteiger partial charge in [-0.25, -0.2) is 8.42 Å². The number of aryl methyl sites for hydroxylation is 1. The molecule has 3 rings (SSSR count). The molecule has 0 unspecified atom stereocenters. The van der Waals surface area contributed by atoms with Crippen LogP contribution in [0.2, 0.25) is 0 Å². The third-order valence-corrected chi connectivity index (χ3v) is 6.16. The van der Waals surface area contributed by atoms with Crippen molar-refractivity contribution < 1.29 is 17.7 Å². The zero-order valence-corrected chi connectivity index (χ0v) is 17.8. The summed E-state index contributed by atoms with van der Waals surface area (Å²) in [7, 11) is -2.41. The second kappa shape index (κ2) is 8.57. The summed E-state index contributed by atoms with van der Waals surface area (Å²) in [4.78, 5) is 2.26. The number of methoxy groups -OCH3 is 1. The number of sulfonamides is 1. The van der Waals surface area contributed by atoms with E-state index in [1.54, 1.807) is 24.3 Å². The third kappa shape index (κ3) is 4.37. The van der Waals surface area contributed by atoms with Gasteiger partial charge in [0.15, 0.2) is 5.76 Å². The summed E-state index contributed by atoms with van der Waals surface area (Å²) in [5.74, 6) is 0.756. The molecule has 0 saturated heterocycles. The molecule has 29 heavy (non-hydrogen) atoms. The molecular weight excluding hydrogens is 390 g/mol. The number of aromatic nitrogens is 1. The summed E-state index contributed by atoms with van der Waals surface area (Å²) < 4.78 is 39.2. The van der Waals surface area contributed by atoms with Gasteiger partial charge in [0.2, 0.25) is 0 Å². The van der Waals surface area contributed by atoms with Crippen LogP contribution in [-0.2, 0) is 10.0 Å². The normalized spacial score (nSPS) is 11.3. The van der Waals surface area contributed by atoms with Crippen LogP contribution in [0.5, 0.6) is 5.75 Å². The monoisotopic (exact) mass is 415 g/mol. The fourth-order valence-corrected chi connectivity index (χ4v) is 4.44. The second-order valence-electron chi connectivity index (χ2n) is 6.52. The van der Waals surface area contributed by atoms with Crippen LogP contribution in [0.25, 0.3) is 11.3 Å². The summed E-state index contributed by atoms with van der Waals surface area (Å²) in [6.07, 6.45) is 1.53. The Morgan fingerprint density at radius 3 is 2.45 bits per heavy atom. The third-order valence-electron chi connectivity index (χ3n) is 4.76. The van der Waals surface area contributed by atoms with Gasteiger partial charge in [-0.1, -0.05) is 5.16 Å². The summed E-state index contributed by atoms with van der Waals surface area (Å²) >= 11 is 0. The highest BCUT2D eigenvalue weighted by molar-refractivity contribution is 7.92. The van der Waals surface area contributed by atoms with Gasteiger partial charge < -0.3 is 14.2 Å². The minimum Gasteiger partial charge on any atom is -0.495 e. The highest BCUT2D eigenvalue weighted by atomic mass is 32.2. The Hall–Kier alpha value is -3.00. The average Bonchev–Trinajstić information content (AvgIpc) is 3.25. The van der Waals surface area contributed by atoms with Crippen LogP contribution in [0.4, 0.5) is 11.4 Å². The topological polar surface area (TPSA) is 84.7 Å². The summed E-state index contributed by atoms with van der Waals surface area (Å²) in [5, 5.41) is 3.67. The predicted octanol–water partition coefficient (Wildman–Crippen LogP) is 4.31. The van der Waals surface area contributed by atoms with Gasteiger partial charge >= 0.3 is 0 Å². The van der Waals surface area contributed by atoms with E-state index < -0.39 is 10.0 Å². The van der Waals surface area contributed by atoms with E-state index in [-0.39, 0.29) is 10.6 Å². The number of anilines is 2. The molecule has 0 aliphatic carbocycles. The first-order valence-corrected chi connectivity index (χ1v) is 10.9. The summed E-state index contributed by atoms with van der Waals surface area (Å²) in [6.45, 7) is 7.83. The van der Waals surface area contributed by atoms with Gasteiger partial charge in [0.05, 0.1) is 19.0 Å². The van der Waals surface area contributed by atoms with Crippen LogP contribution in [0.1, 0.15) is 19.4 Å². The molecule has 1 aromatic heterocycles. The molecule has 0 fully saturated rings. The van der Waals surface area contributed by atoms with Crippen molar-refractivity contribution in [1.29, 1.82) is 0 Å². The lowest BCUT2D eigenvalue weighted by Crippen LogP contribution is -2.22. The minimum atomic E-state index is -3.84. The lowest BCUT2D eigenvalue weighted by molar-refractivity contribution is 0.402. The van der Waals surface area contributed by atoms with Crippen LogP contribution in [0, 0.1) is 6.92 Å². The lowest BCUT2D eigenvalue weighted by atomic mass is 10.1. The standard InChI is InChI=1S/C21H25N3O4S/c1-5-24(6-2)17-8-9-18(15(3)13-17)23-29(25,26)21-10-7-16(14-20(21)27-4)19-11-12-22-28-19/h7-14,23H,5-6H2,1-4H3. The number of hydrogen-bond acceptors (Lipinski definition) is 6. The Bertz CT molecular complexity index is 1080. The summed E-state index contributed by atoms with van der Waals surface area (Å²) in [5.41, 5.74) is 3.11. The van der Waals surface area contributed by atoms with Gasteiger partial charge in [-0.3, -0.25) is 4.72 Å². The van der Waals surface area contributed by atoms with Crippen LogP contribution >= 0.6 is 0 Å². The fraction of sp³-hybridized carbons (Fsp3) is 0.286. The zero-order valence-electron chi connectivity index (χ0n) is 17.0. The van der Waals surface area contributed by atoms with Crippen LogP contribution in [0.15, 0.2) is 58.1 Å². The van der Waals surface area contributed by atoms with Gasteiger partial charge in [-0.15, -0.1) is 0 Å². The van der Waals surface area contributed by atoms with Crippen LogP contribution in [0.3, 0.4) is 0 Å². The van der Waals surface area contributed by atoms with E-state index in [4.69, 9.17) is 9.26 Å². The SMILES string of the molecule is CCN(CC)c1ccc(NS(=O)(=O)c2ccc(-c3ccno3)cc2OC)c(C)c1. The number of rotatable bonds is 8. The zero-order chi connectivity index (χ0) is 21.0. The van der Waals surface area contributed by atoms with Gasteiger partial charge in [-0.05, 0) is 62.7 Å². The molecule has 0 aliphatic rings. The van der Waals surface area contributed by atoms with E-state index in [0.717, 1.165) is 24.3 Å². The lowest BCUT2D eigenvalue weighted by Gasteiger charge is -2.22. The molecule has 0 atom stereocenters. The van der Waals surface area contributed by atoms with Crippen molar-refractivity contribution in [1.82, 2.24) is 5.16 Å². The smallest absolute Gasteiger partial charge is 0.265 e. The Kier molecular flexibility index (Phi) is 6.12. The fourth-order valence-electron chi connectivity index (χ4n) is 3.16. The Balaban J connectivity index is 1.92. The molecular formula is C21H25N3O4S. The first-order chi connectivity index (χ1) is 13.9. The maximum absolute atomic E-state index is 13.0. The molecule has 1 N–H and O–H groups in total. The van der Waals surface area contributed by atoms with Crippen molar-refractivity contribution in [3.05, 3.63) is 54.2 Å². The van der Waals surface area contributed by atoms with E-state index >= 15 is 0 Å². The highest BCUT2D eigenvalue weighted by Gasteiger charge is 2.22. The second-order valence-corrected chi connectivity index (χ2v) is 8.17. The molecule has 0 spiro atoms. The molecule has 7 nitrogen and oxygen atoms in total. The van der Waals surface area contributed by atoms with E-state index in [1.165, 1.54) is 19.4 Å². The number of ether oxygens (including phenoxy) is 1. The first-order valence-electron chi connectivity index (χ1n) is 9.37. The molecule has 0 bridgehead atoms. The molecule has 0 amide bonds. The number of benzene rings is 2. The average molecular weight is 416 g/mol. The Labute approximate surface area is 171 Å². The van der Waals surface area contributed by atoms with Crippen LogP contribution in [-0.4, -0.2) is 33.8 Å². The molecule has 3 aromatic rings. The number of nitrogens with zero attached hydrogens (tertiary/aromatic N) is 2. The quantitative estimate of drug-likeness (QED) is 0.590. The van der Waals surface area contributed by atoms with Crippen molar-refractivity contribution in [2.24, 2.45) is 0 Å². The Morgan fingerprint density at radius 1 is 1.10 bits per heavy atom. The largest absolute Gasteiger partial charge is 0.495 e. The Morgan fingerprint density at radius 2 is 1.86 bits per heavy atom.